The van der Waals surface area contributed by atoms with Gasteiger partial charge in [-0.2, -0.15) is 0 Å². The molecular formula is C18H17BrClNO2. The summed E-state index contributed by atoms with van der Waals surface area (Å²) in [7, 11) is 0. The SMILES string of the molecule is CC1(C)C[C@@H](NC(=O)c2cc(Br)ccc2Cl)c2ccccc2O1. The van der Waals surface area contributed by atoms with E-state index < -0.39 is 0 Å². The van der Waals surface area contributed by atoms with Crippen LogP contribution in [-0.2, 0) is 0 Å². The minimum absolute atomic E-state index is 0.113. The van der Waals surface area contributed by atoms with E-state index in [-0.39, 0.29) is 17.6 Å². The highest BCUT2D eigenvalue weighted by molar-refractivity contribution is 9.10. The van der Waals surface area contributed by atoms with Gasteiger partial charge in [0.15, 0.2) is 0 Å². The molecule has 0 saturated heterocycles. The van der Waals surface area contributed by atoms with E-state index in [1.807, 2.05) is 44.2 Å². The second kappa shape index (κ2) is 6.17. The van der Waals surface area contributed by atoms with Gasteiger partial charge >= 0.3 is 0 Å². The second-order valence-corrected chi connectivity index (χ2v) is 7.58. The summed E-state index contributed by atoms with van der Waals surface area (Å²) in [6, 6.07) is 12.9. The maximum Gasteiger partial charge on any atom is 0.253 e. The van der Waals surface area contributed by atoms with Crippen molar-refractivity contribution in [2.45, 2.75) is 31.9 Å². The third-order valence-electron chi connectivity index (χ3n) is 3.85. The summed E-state index contributed by atoms with van der Waals surface area (Å²) in [5.41, 5.74) is 1.11. The molecule has 3 rings (SSSR count). The van der Waals surface area contributed by atoms with Crippen molar-refractivity contribution in [3.05, 3.63) is 63.1 Å². The van der Waals surface area contributed by atoms with Gasteiger partial charge in [-0.1, -0.05) is 45.7 Å². The first-order valence-corrected chi connectivity index (χ1v) is 8.57. The lowest BCUT2D eigenvalue weighted by atomic mass is 9.89. The number of rotatable bonds is 2. The van der Waals surface area contributed by atoms with Gasteiger partial charge in [0.25, 0.3) is 5.91 Å². The number of nitrogens with one attached hydrogen (secondary N) is 1. The van der Waals surface area contributed by atoms with Crippen LogP contribution in [0.25, 0.3) is 0 Å². The Morgan fingerprint density at radius 1 is 1.30 bits per heavy atom. The molecule has 1 aliphatic rings. The summed E-state index contributed by atoms with van der Waals surface area (Å²) in [6.45, 7) is 4.04. The Morgan fingerprint density at radius 2 is 2.04 bits per heavy atom. The third kappa shape index (κ3) is 3.54. The predicted octanol–water partition coefficient (Wildman–Crippen LogP) is 5.13. The molecule has 3 nitrogen and oxygen atoms in total. The standard InChI is InChI=1S/C18H17BrClNO2/c1-18(2)10-15(12-5-3-4-6-16(12)23-18)21-17(22)13-9-11(19)7-8-14(13)20/h3-9,15H,10H2,1-2H3,(H,21,22)/t15-/m1/s1. The number of ether oxygens (including phenoxy) is 1. The number of halogens is 2. The Hall–Kier alpha value is -1.52. The Balaban J connectivity index is 1.90. The van der Waals surface area contributed by atoms with Crippen molar-refractivity contribution in [2.24, 2.45) is 0 Å². The summed E-state index contributed by atoms with van der Waals surface area (Å²) >= 11 is 9.53. The number of benzene rings is 2. The lowest BCUT2D eigenvalue weighted by molar-refractivity contribution is 0.0620. The molecule has 0 aliphatic carbocycles. The number of carbonyl (C=O) groups excluding carboxylic acids is 1. The fourth-order valence-electron chi connectivity index (χ4n) is 2.84. The quantitative estimate of drug-likeness (QED) is 0.766. The molecule has 0 radical (unpaired) electrons. The summed E-state index contributed by atoms with van der Waals surface area (Å²) in [5, 5.41) is 3.53. The van der Waals surface area contributed by atoms with E-state index in [4.69, 9.17) is 16.3 Å². The zero-order valence-corrected chi connectivity index (χ0v) is 15.2. The van der Waals surface area contributed by atoms with Gasteiger partial charge in [-0.25, -0.2) is 0 Å². The Labute approximate surface area is 149 Å². The number of amides is 1. The maximum absolute atomic E-state index is 12.6. The average molecular weight is 395 g/mol. The molecule has 0 aromatic heterocycles. The Bertz CT molecular complexity index is 760. The molecule has 0 spiro atoms. The molecule has 23 heavy (non-hydrogen) atoms. The van der Waals surface area contributed by atoms with Crippen molar-refractivity contribution < 1.29 is 9.53 Å². The van der Waals surface area contributed by atoms with Crippen LogP contribution in [0.4, 0.5) is 0 Å². The van der Waals surface area contributed by atoms with Gasteiger partial charge in [0.1, 0.15) is 11.4 Å². The van der Waals surface area contributed by atoms with Gasteiger partial charge in [0.05, 0.1) is 16.6 Å². The van der Waals surface area contributed by atoms with Crippen LogP contribution in [0, 0.1) is 0 Å². The van der Waals surface area contributed by atoms with Crippen LogP contribution < -0.4 is 10.1 Å². The van der Waals surface area contributed by atoms with E-state index in [0.29, 0.717) is 17.0 Å². The summed E-state index contributed by atoms with van der Waals surface area (Å²) < 4.78 is 6.81. The third-order valence-corrected chi connectivity index (χ3v) is 4.68. The van der Waals surface area contributed by atoms with Gasteiger partial charge in [0.2, 0.25) is 0 Å². The number of hydrogen-bond donors (Lipinski definition) is 1. The maximum atomic E-state index is 12.6. The Morgan fingerprint density at radius 3 is 2.83 bits per heavy atom. The van der Waals surface area contributed by atoms with Gasteiger partial charge in [-0.15, -0.1) is 0 Å². The minimum Gasteiger partial charge on any atom is -0.487 e. The van der Waals surface area contributed by atoms with Crippen molar-refractivity contribution >= 4 is 33.4 Å². The van der Waals surface area contributed by atoms with E-state index in [0.717, 1.165) is 15.8 Å². The molecular weight excluding hydrogens is 378 g/mol. The van der Waals surface area contributed by atoms with E-state index in [1.54, 1.807) is 12.1 Å². The average Bonchev–Trinajstić information content (AvgIpc) is 2.48. The van der Waals surface area contributed by atoms with Crippen molar-refractivity contribution in [3.8, 4) is 5.75 Å². The molecule has 0 unspecified atom stereocenters. The lowest BCUT2D eigenvalue weighted by Gasteiger charge is -2.37. The number of fused-ring (bicyclic) bond motifs is 1. The van der Waals surface area contributed by atoms with Crippen LogP contribution in [0.2, 0.25) is 5.02 Å². The molecule has 1 N–H and O–H groups in total. The zero-order chi connectivity index (χ0) is 16.6. The van der Waals surface area contributed by atoms with Crippen LogP contribution in [0.1, 0.15) is 42.2 Å². The molecule has 0 bridgehead atoms. The second-order valence-electron chi connectivity index (χ2n) is 6.25. The summed E-state index contributed by atoms with van der Waals surface area (Å²) in [5.74, 6) is 0.628. The number of carbonyl (C=O) groups is 1. The van der Waals surface area contributed by atoms with E-state index in [1.165, 1.54) is 0 Å². The highest BCUT2D eigenvalue weighted by Gasteiger charge is 2.34. The first-order valence-electron chi connectivity index (χ1n) is 7.39. The topological polar surface area (TPSA) is 38.3 Å². The molecule has 1 heterocycles. The fourth-order valence-corrected chi connectivity index (χ4v) is 3.40. The molecule has 0 fully saturated rings. The van der Waals surface area contributed by atoms with Crippen LogP contribution in [0.15, 0.2) is 46.9 Å². The summed E-state index contributed by atoms with van der Waals surface area (Å²) in [6.07, 6.45) is 0.696. The van der Waals surface area contributed by atoms with Gasteiger partial charge in [-0.05, 0) is 38.1 Å². The number of hydrogen-bond acceptors (Lipinski definition) is 2. The molecule has 1 amide bonds. The zero-order valence-electron chi connectivity index (χ0n) is 12.9. The first-order chi connectivity index (χ1) is 10.9. The normalized spacial score (nSPS) is 18.7. The van der Waals surface area contributed by atoms with E-state index in [9.17, 15) is 4.79 Å². The monoisotopic (exact) mass is 393 g/mol. The van der Waals surface area contributed by atoms with Gasteiger partial charge < -0.3 is 10.1 Å². The fraction of sp³-hybridized carbons (Fsp3) is 0.278. The first kappa shape index (κ1) is 16.3. The molecule has 1 aliphatic heterocycles. The van der Waals surface area contributed by atoms with Gasteiger partial charge in [-0.3, -0.25) is 4.79 Å². The van der Waals surface area contributed by atoms with E-state index in [2.05, 4.69) is 21.2 Å². The van der Waals surface area contributed by atoms with E-state index >= 15 is 0 Å². The van der Waals surface area contributed by atoms with Crippen molar-refractivity contribution in [1.29, 1.82) is 0 Å². The van der Waals surface area contributed by atoms with Crippen molar-refractivity contribution in [3.63, 3.8) is 0 Å². The highest BCUT2D eigenvalue weighted by Crippen LogP contribution is 2.39. The molecule has 120 valence electrons. The minimum atomic E-state index is -0.340. The smallest absolute Gasteiger partial charge is 0.253 e. The summed E-state index contributed by atoms with van der Waals surface area (Å²) in [4.78, 5) is 12.6. The highest BCUT2D eigenvalue weighted by atomic mass is 79.9. The van der Waals surface area contributed by atoms with Gasteiger partial charge in [0, 0.05) is 16.5 Å². The van der Waals surface area contributed by atoms with Crippen LogP contribution in [-0.4, -0.2) is 11.5 Å². The lowest BCUT2D eigenvalue weighted by Crippen LogP contribution is -2.41. The molecule has 1 atom stereocenters. The van der Waals surface area contributed by atoms with Crippen molar-refractivity contribution in [1.82, 2.24) is 5.32 Å². The molecule has 5 heteroatoms. The largest absolute Gasteiger partial charge is 0.487 e. The molecule has 0 saturated carbocycles. The molecule has 2 aromatic carbocycles. The number of para-hydroxylation sites is 1. The van der Waals surface area contributed by atoms with Crippen LogP contribution in [0.3, 0.4) is 0 Å². The van der Waals surface area contributed by atoms with Crippen LogP contribution in [0.5, 0.6) is 5.75 Å². The predicted molar refractivity (Wildman–Crippen MR) is 95.1 cm³/mol. The van der Waals surface area contributed by atoms with Crippen molar-refractivity contribution in [2.75, 3.05) is 0 Å². The van der Waals surface area contributed by atoms with Crippen LogP contribution >= 0.6 is 27.5 Å². The molecule has 2 aromatic rings. The Kier molecular flexibility index (Phi) is 4.39.